The summed E-state index contributed by atoms with van der Waals surface area (Å²) < 4.78 is 2.16. The zero-order chi connectivity index (χ0) is 10.4. The number of fused-ring (bicyclic) bond motifs is 3. The van der Waals surface area contributed by atoms with Crippen molar-refractivity contribution in [3.05, 3.63) is 30.0 Å². The highest BCUT2D eigenvalue weighted by Gasteiger charge is 2.15. The molecule has 0 amide bonds. The van der Waals surface area contributed by atoms with Crippen LogP contribution in [-0.2, 0) is 13.5 Å². The highest BCUT2D eigenvalue weighted by atomic mass is 32.1. The lowest BCUT2D eigenvalue weighted by molar-refractivity contribution is 0.967. The molecular formula is C12H12N2S. The van der Waals surface area contributed by atoms with Crippen molar-refractivity contribution in [1.29, 1.82) is 0 Å². The number of aryl methyl sites for hydroxylation is 2. The number of benzene rings is 1. The van der Waals surface area contributed by atoms with Crippen LogP contribution in [0.5, 0.6) is 0 Å². The molecule has 1 aromatic heterocycles. The first kappa shape index (κ1) is 8.92. The van der Waals surface area contributed by atoms with Crippen molar-refractivity contribution in [2.24, 2.45) is 7.05 Å². The molecule has 1 aromatic carbocycles. The van der Waals surface area contributed by atoms with Crippen molar-refractivity contribution in [2.75, 3.05) is 5.32 Å². The van der Waals surface area contributed by atoms with Crippen LogP contribution in [-0.4, -0.2) is 9.56 Å². The molecule has 1 aliphatic heterocycles. The average Bonchev–Trinajstić information content (AvgIpc) is 2.60. The van der Waals surface area contributed by atoms with E-state index < -0.39 is 0 Å². The van der Waals surface area contributed by atoms with Crippen molar-refractivity contribution >= 4 is 33.8 Å². The van der Waals surface area contributed by atoms with Crippen LogP contribution in [0.4, 0.5) is 5.69 Å². The van der Waals surface area contributed by atoms with Crippen molar-refractivity contribution in [3.8, 4) is 0 Å². The summed E-state index contributed by atoms with van der Waals surface area (Å²) in [7, 11) is 2.08. The Morgan fingerprint density at radius 2 is 2.13 bits per heavy atom. The maximum absolute atomic E-state index is 5.19. The Bertz CT molecular complexity index is 554. The van der Waals surface area contributed by atoms with Gasteiger partial charge in [-0.2, -0.15) is 0 Å². The highest BCUT2D eigenvalue weighted by Crippen LogP contribution is 2.30. The molecular weight excluding hydrogens is 204 g/mol. The second-order valence-electron chi connectivity index (χ2n) is 4.00. The summed E-state index contributed by atoms with van der Waals surface area (Å²) in [6.07, 6.45) is 4.14. The lowest BCUT2D eigenvalue weighted by Crippen LogP contribution is -2.17. The molecule has 0 unspecified atom stereocenters. The predicted molar refractivity (Wildman–Crippen MR) is 67.5 cm³/mol. The van der Waals surface area contributed by atoms with Gasteiger partial charge < -0.3 is 9.88 Å². The monoisotopic (exact) mass is 216 g/mol. The summed E-state index contributed by atoms with van der Waals surface area (Å²) in [6, 6.07) is 6.46. The molecule has 0 spiro atoms. The molecule has 1 aliphatic rings. The average molecular weight is 216 g/mol. The number of rotatable bonds is 0. The van der Waals surface area contributed by atoms with Gasteiger partial charge in [0.05, 0.1) is 4.99 Å². The third-order valence-corrected chi connectivity index (χ3v) is 3.36. The molecule has 0 atom stereocenters. The zero-order valence-electron chi connectivity index (χ0n) is 8.58. The Hall–Kier alpha value is -1.35. The number of nitrogens with zero attached hydrogens (tertiary/aromatic N) is 1. The summed E-state index contributed by atoms with van der Waals surface area (Å²) >= 11 is 5.19. The third kappa shape index (κ3) is 1.27. The Kier molecular flexibility index (Phi) is 1.83. The first-order valence-electron chi connectivity index (χ1n) is 5.12. The van der Waals surface area contributed by atoms with Gasteiger partial charge in [0.2, 0.25) is 0 Å². The standard InChI is InChI=1S/C12H12N2S/c1-14-7-6-9-8-2-5-12(15)13-10(8)3-4-11(9)14/h3-4,6-7H,2,5H2,1H3,(H,13,15). The lowest BCUT2D eigenvalue weighted by atomic mass is 10.00. The van der Waals surface area contributed by atoms with E-state index in [-0.39, 0.29) is 0 Å². The molecule has 76 valence electrons. The van der Waals surface area contributed by atoms with Gasteiger partial charge in [0, 0.05) is 36.3 Å². The van der Waals surface area contributed by atoms with Gasteiger partial charge in [0.25, 0.3) is 0 Å². The molecule has 3 heteroatoms. The van der Waals surface area contributed by atoms with Crippen LogP contribution in [0.1, 0.15) is 12.0 Å². The first-order valence-corrected chi connectivity index (χ1v) is 5.53. The van der Waals surface area contributed by atoms with Gasteiger partial charge in [0.15, 0.2) is 0 Å². The number of hydrogen-bond donors (Lipinski definition) is 1. The van der Waals surface area contributed by atoms with E-state index in [1.165, 1.54) is 22.2 Å². The van der Waals surface area contributed by atoms with E-state index in [1.54, 1.807) is 0 Å². The smallest absolute Gasteiger partial charge is 0.0800 e. The molecule has 0 saturated heterocycles. The Balaban J connectivity index is 2.30. The van der Waals surface area contributed by atoms with Gasteiger partial charge in [-0.15, -0.1) is 0 Å². The molecule has 2 heterocycles. The fourth-order valence-electron chi connectivity index (χ4n) is 2.25. The van der Waals surface area contributed by atoms with Crippen molar-refractivity contribution in [1.82, 2.24) is 4.57 Å². The predicted octanol–water partition coefficient (Wildman–Crippen LogP) is 2.86. The maximum atomic E-state index is 5.19. The van der Waals surface area contributed by atoms with Crippen LogP contribution in [0, 0.1) is 0 Å². The molecule has 0 radical (unpaired) electrons. The first-order chi connectivity index (χ1) is 7.25. The number of aromatic nitrogens is 1. The van der Waals surface area contributed by atoms with Crippen LogP contribution in [0.2, 0.25) is 0 Å². The third-order valence-electron chi connectivity index (χ3n) is 3.06. The fourth-order valence-corrected chi connectivity index (χ4v) is 2.46. The number of anilines is 1. The van der Waals surface area contributed by atoms with Gasteiger partial charge in [-0.1, -0.05) is 12.2 Å². The molecule has 1 N–H and O–H groups in total. The summed E-state index contributed by atoms with van der Waals surface area (Å²) in [5.41, 5.74) is 3.88. The highest BCUT2D eigenvalue weighted by molar-refractivity contribution is 7.80. The zero-order valence-corrected chi connectivity index (χ0v) is 9.40. The van der Waals surface area contributed by atoms with Crippen LogP contribution >= 0.6 is 12.2 Å². The quantitative estimate of drug-likeness (QED) is 0.682. The van der Waals surface area contributed by atoms with Crippen molar-refractivity contribution in [3.63, 3.8) is 0 Å². The molecule has 2 aromatic rings. The number of thiocarbonyl (C=S) groups is 1. The molecule has 0 fully saturated rings. The van der Waals surface area contributed by atoms with E-state index in [0.29, 0.717) is 0 Å². The topological polar surface area (TPSA) is 17.0 Å². The van der Waals surface area contributed by atoms with Crippen LogP contribution in [0.15, 0.2) is 24.4 Å². The van der Waals surface area contributed by atoms with E-state index >= 15 is 0 Å². The minimum Gasteiger partial charge on any atom is -0.351 e. The second kappa shape index (κ2) is 3.07. The van der Waals surface area contributed by atoms with Gasteiger partial charge in [-0.3, -0.25) is 0 Å². The molecule has 0 bridgehead atoms. The molecule has 3 rings (SSSR count). The lowest BCUT2D eigenvalue weighted by Gasteiger charge is -2.19. The summed E-state index contributed by atoms with van der Waals surface area (Å²) in [5, 5.41) is 4.64. The Morgan fingerprint density at radius 3 is 3.00 bits per heavy atom. The maximum Gasteiger partial charge on any atom is 0.0800 e. The normalized spacial score (nSPS) is 15.1. The molecule has 0 aliphatic carbocycles. The number of hydrogen-bond acceptors (Lipinski definition) is 1. The van der Waals surface area contributed by atoms with Gasteiger partial charge in [-0.25, -0.2) is 0 Å². The van der Waals surface area contributed by atoms with Crippen LogP contribution < -0.4 is 5.32 Å². The summed E-state index contributed by atoms with van der Waals surface area (Å²) in [5.74, 6) is 0. The van der Waals surface area contributed by atoms with E-state index in [1.807, 2.05) is 0 Å². The number of nitrogens with one attached hydrogen (secondary N) is 1. The minimum absolute atomic E-state index is 0.956. The van der Waals surface area contributed by atoms with Gasteiger partial charge >= 0.3 is 0 Å². The van der Waals surface area contributed by atoms with Gasteiger partial charge in [-0.05, 0) is 30.2 Å². The van der Waals surface area contributed by atoms with E-state index in [9.17, 15) is 0 Å². The second-order valence-corrected chi connectivity index (χ2v) is 4.49. The molecule has 15 heavy (non-hydrogen) atoms. The largest absolute Gasteiger partial charge is 0.351 e. The SMILES string of the molecule is Cn1ccc2c3c(ccc21)NC(=S)CC3. The Labute approximate surface area is 93.9 Å². The van der Waals surface area contributed by atoms with Gasteiger partial charge in [0.1, 0.15) is 0 Å². The molecule has 2 nitrogen and oxygen atoms in total. The fraction of sp³-hybridized carbons (Fsp3) is 0.250. The Morgan fingerprint density at radius 1 is 1.27 bits per heavy atom. The van der Waals surface area contributed by atoms with Crippen LogP contribution in [0.25, 0.3) is 10.9 Å². The van der Waals surface area contributed by atoms with Crippen molar-refractivity contribution in [2.45, 2.75) is 12.8 Å². The van der Waals surface area contributed by atoms with Crippen molar-refractivity contribution < 1.29 is 0 Å². The molecule has 0 saturated carbocycles. The van der Waals surface area contributed by atoms with Crippen LogP contribution in [0.3, 0.4) is 0 Å². The summed E-state index contributed by atoms with van der Waals surface area (Å²) in [4.78, 5) is 0.956. The summed E-state index contributed by atoms with van der Waals surface area (Å²) in [6.45, 7) is 0. The van der Waals surface area contributed by atoms with E-state index in [4.69, 9.17) is 12.2 Å². The van der Waals surface area contributed by atoms with E-state index in [0.717, 1.165) is 17.8 Å². The van der Waals surface area contributed by atoms with E-state index in [2.05, 4.69) is 41.3 Å². The minimum atomic E-state index is 0.956.